The molecule has 1 N–H and O–H groups in total. The van der Waals surface area contributed by atoms with E-state index in [9.17, 15) is 0 Å². The third-order valence-electron chi connectivity index (χ3n) is 4.27. The maximum atomic E-state index is 5.27. The van der Waals surface area contributed by atoms with Gasteiger partial charge in [0.25, 0.3) is 0 Å². The van der Waals surface area contributed by atoms with Gasteiger partial charge in [0.15, 0.2) is 0 Å². The van der Waals surface area contributed by atoms with Crippen LogP contribution in [0.2, 0.25) is 13.3 Å². The van der Waals surface area contributed by atoms with Gasteiger partial charge in [-0.15, -0.1) is 0 Å². The zero-order valence-corrected chi connectivity index (χ0v) is 17.0. The van der Waals surface area contributed by atoms with Gasteiger partial charge in [-0.05, 0) is 0 Å². The molecule has 0 saturated carbocycles. The van der Waals surface area contributed by atoms with Crippen LogP contribution in [0.15, 0.2) is 12.3 Å². The number of H-pyrrole nitrogens is 1. The molecule has 0 spiro atoms. The van der Waals surface area contributed by atoms with Crippen LogP contribution in [0.3, 0.4) is 0 Å². The maximum absolute atomic E-state index is 5.27. The normalized spacial score (nSPS) is 11.8. The van der Waals surface area contributed by atoms with Crippen LogP contribution >= 0.6 is 12.2 Å². The first-order valence-electron chi connectivity index (χ1n) is 8.24. The number of hydrogen-bond donors (Lipinski definition) is 1. The van der Waals surface area contributed by atoms with Crippen molar-refractivity contribution < 1.29 is 0 Å². The van der Waals surface area contributed by atoms with E-state index >= 15 is 0 Å². The second-order valence-corrected chi connectivity index (χ2v) is 19.4. The van der Waals surface area contributed by atoms with Crippen molar-refractivity contribution in [2.75, 3.05) is 0 Å². The van der Waals surface area contributed by atoms with Crippen molar-refractivity contribution in [3.8, 4) is 0 Å². The Bertz CT molecular complexity index is 409. The second-order valence-electron chi connectivity index (χ2n) is 5.88. The van der Waals surface area contributed by atoms with E-state index in [1.165, 1.54) is 55.5 Å². The first-order valence-corrected chi connectivity index (χ1v) is 16.1. The van der Waals surface area contributed by atoms with E-state index in [0.717, 1.165) is 0 Å². The van der Waals surface area contributed by atoms with Gasteiger partial charge in [-0.25, -0.2) is 0 Å². The van der Waals surface area contributed by atoms with Crippen molar-refractivity contribution in [1.82, 2.24) is 9.97 Å². The number of aromatic amines is 1. The third-order valence-corrected chi connectivity index (χ3v) is 19.8. The molecule has 20 heavy (non-hydrogen) atoms. The van der Waals surface area contributed by atoms with E-state index < -0.39 is 18.4 Å². The molecule has 0 atom stereocenters. The molecular formula is C16H30N2SSn. The number of aromatic nitrogens is 2. The van der Waals surface area contributed by atoms with E-state index in [-0.39, 0.29) is 0 Å². The summed E-state index contributed by atoms with van der Waals surface area (Å²) >= 11 is 2.97. The summed E-state index contributed by atoms with van der Waals surface area (Å²) in [5.74, 6) is 0. The van der Waals surface area contributed by atoms with E-state index in [2.05, 4.69) is 36.8 Å². The van der Waals surface area contributed by atoms with Gasteiger partial charge in [-0.1, -0.05) is 0 Å². The average Bonchev–Trinajstić information content (AvgIpc) is 2.47. The zero-order valence-electron chi connectivity index (χ0n) is 13.4. The number of unbranched alkanes of at least 4 members (excludes halogenated alkanes) is 3. The number of nitrogens with one attached hydrogen (secondary N) is 1. The fraction of sp³-hybridized carbons (Fsp3) is 0.750. The summed E-state index contributed by atoms with van der Waals surface area (Å²) in [5.41, 5.74) is 0. The standard InChI is InChI=1S/C4H3N2S.3C4H9.Sn/c7-4-5-2-1-3-6-4;3*1-3-4-2;/h1-2H,(H,5,6,7);3*1,3-4H2,2H3;. The summed E-state index contributed by atoms with van der Waals surface area (Å²) in [4.78, 5) is 7.66. The molecule has 0 saturated heterocycles. The predicted molar refractivity (Wildman–Crippen MR) is 94.0 cm³/mol. The number of nitrogens with zero attached hydrogens (tertiary/aromatic N) is 1. The molecule has 1 aromatic rings. The Morgan fingerprint density at radius 2 is 1.50 bits per heavy atom. The second kappa shape index (κ2) is 9.93. The number of hydrogen-bond acceptors (Lipinski definition) is 2. The molecule has 1 aromatic heterocycles. The Labute approximate surface area is 133 Å². The van der Waals surface area contributed by atoms with E-state index in [4.69, 9.17) is 12.2 Å². The van der Waals surface area contributed by atoms with Crippen LogP contribution in [-0.4, -0.2) is 28.3 Å². The van der Waals surface area contributed by atoms with Gasteiger partial charge >= 0.3 is 134 Å². The van der Waals surface area contributed by atoms with Crippen molar-refractivity contribution in [3.05, 3.63) is 17.0 Å². The summed E-state index contributed by atoms with van der Waals surface area (Å²) in [7, 11) is 0. The van der Waals surface area contributed by atoms with E-state index in [1.54, 1.807) is 0 Å². The molecule has 1 rings (SSSR count). The molecular weight excluding hydrogens is 371 g/mol. The zero-order chi connectivity index (χ0) is 14.8. The molecule has 2 nitrogen and oxygen atoms in total. The van der Waals surface area contributed by atoms with Gasteiger partial charge in [0, 0.05) is 0 Å². The van der Waals surface area contributed by atoms with Crippen LogP contribution < -0.4 is 3.71 Å². The summed E-state index contributed by atoms with van der Waals surface area (Å²) < 4.78 is 6.62. The molecule has 0 radical (unpaired) electrons. The SMILES string of the molecule is CCC[CH2][Sn]([CH2]CCC)([CH2]CCC)[c]1ccnc(=S)[nH]1. The summed E-state index contributed by atoms with van der Waals surface area (Å²) in [6.07, 6.45) is 9.99. The molecule has 114 valence electrons. The minimum absolute atomic E-state index is 0.674. The number of rotatable bonds is 10. The van der Waals surface area contributed by atoms with Crippen LogP contribution in [0.1, 0.15) is 59.3 Å². The third kappa shape index (κ3) is 5.47. The van der Waals surface area contributed by atoms with Crippen molar-refractivity contribution in [2.45, 2.75) is 72.6 Å². The van der Waals surface area contributed by atoms with Crippen molar-refractivity contribution in [2.24, 2.45) is 0 Å². The molecule has 0 aliphatic carbocycles. The Kier molecular flexibility index (Phi) is 9.01. The quantitative estimate of drug-likeness (QED) is 0.432. The predicted octanol–water partition coefficient (Wildman–Crippen LogP) is 5.20. The molecule has 0 bridgehead atoms. The Morgan fingerprint density at radius 1 is 1.00 bits per heavy atom. The van der Waals surface area contributed by atoms with Crippen molar-refractivity contribution in [3.63, 3.8) is 0 Å². The van der Waals surface area contributed by atoms with Crippen LogP contribution in [0.25, 0.3) is 0 Å². The Hall–Kier alpha value is 0.0987. The van der Waals surface area contributed by atoms with Gasteiger partial charge < -0.3 is 0 Å². The van der Waals surface area contributed by atoms with Gasteiger partial charge in [0.05, 0.1) is 0 Å². The van der Waals surface area contributed by atoms with Crippen LogP contribution in [0.4, 0.5) is 0 Å². The first kappa shape index (κ1) is 18.1. The van der Waals surface area contributed by atoms with Crippen LogP contribution in [0.5, 0.6) is 0 Å². The van der Waals surface area contributed by atoms with Gasteiger partial charge in [0.1, 0.15) is 0 Å². The van der Waals surface area contributed by atoms with Gasteiger partial charge in [0.2, 0.25) is 0 Å². The fourth-order valence-corrected chi connectivity index (χ4v) is 19.0. The summed E-state index contributed by atoms with van der Waals surface area (Å²) in [6.45, 7) is 6.93. The van der Waals surface area contributed by atoms with Crippen LogP contribution in [0, 0.1) is 4.77 Å². The molecule has 0 aliphatic heterocycles. The minimum atomic E-state index is -2.30. The van der Waals surface area contributed by atoms with Crippen molar-refractivity contribution in [1.29, 1.82) is 0 Å². The van der Waals surface area contributed by atoms with E-state index in [0.29, 0.717) is 4.77 Å². The topological polar surface area (TPSA) is 28.7 Å². The molecule has 0 aliphatic rings. The molecule has 4 heteroatoms. The van der Waals surface area contributed by atoms with Crippen molar-refractivity contribution >= 4 is 34.3 Å². The fourth-order valence-electron chi connectivity index (χ4n) is 3.00. The summed E-state index contributed by atoms with van der Waals surface area (Å²) in [6, 6.07) is 2.24. The molecule has 0 fully saturated rings. The molecule has 1 heterocycles. The van der Waals surface area contributed by atoms with Gasteiger partial charge in [-0.2, -0.15) is 0 Å². The van der Waals surface area contributed by atoms with Crippen LogP contribution in [-0.2, 0) is 0 Å². The molecule has 0 aromatic carbocycles. The average molecular weight is 401 g/mol. The molecule has 0 amide bonds. The monoisotopic (exact) mass is 402 g/mol. The summed E-state index contributed by atoms with van der Waals surface area (Å²) in [5, 5.41) is 0. The Balaban J connectivity index is 3.07. The Morgan fingerprint density at radius 3 is 1.90 bits per heavy atom. The van der Waals surface area contributed by atoms with E-state index in [1.807, 2.05) is 6.20 Å². The molecule has 0 unspecified atom stereocenters. The van der Waals surface area contributed by atoms with Gasteiger partial charge in [-0.3, -0.25) is 0 Å². The first-order chi connectivity index (χ1) is 9.68.